The zero-order valence-electron chi connectivity index (χ0n) is 12.1. The first-order valence-electron chi connectivity index (χ1n) is 6.73. The summed E-state index contributed by atoms with van der Waals surface area (Å²) in [5.41, 5.74) is -0.920. The lowest BCUT2D eigenvalue weighted by molar-refractivity contribution is -0.142. The van der Waals surface area contributed by atoms with Crippen molar-refractivity contribution in [3.05, 3.63) is 77.1 Å². The van der Waals surface area contributed by atoms with Gasteiger partial charge >= 0.3 is 12.1 Å². The molecule has 24 heavy (non-hydrogen) atoms. The highest BCUT2D eigenvalue weighted by molar-refractivity contribution is 5.93. The SMILES string of the molecule is O=C(OCc1ccccc1)/C(F)=C(/F)c1ccc(C(F)(F)F)cc1. The lowest BCUT2D eigenvalue weighted by atomic mass is 10.1. The molecule has 0 bridgehead atoms. The van der Waals surface area contributed by atoms with Crippen LogP contribution in [0.25, 0.3) is 5.83 Å². The number of rotatable bonds is 4. The normalized spacial score (nSPS) is 12.5. The number of alkyl halides is 3. The average Bonchev–Trinajstić information content (AvgIpc) is 2.58. The van der Waals surface area contributed by atoms with Crippen molar-refractivity contribution >= 4 is 11.8 Å². The molecule has 0 N–H and O–H groups in total. The van der Waals surface area contributed by atoms with Gasteiger partial charge in [0.15, 0.2) is 5.83 Å². The molecular weight excluding hydrogens is 331 g/mol. The van der Waals surface area contributed by atoms with Gasteiger partial charge in [0.2, 0.25) is 5.83 Å². The second-order valence-corrected chi connectivity index (χ2v) is 4.76. The fourth-order valence-corrected chi connectivity index (χ4v) is 1.81. The van der Waals surface area contributed by atoms with Crippen molar-refractivity contribution in [3.8, 4) is 0 Å². The summed E-state index contributed by atoms with van der Waals surface area (Å²) in [6.07, 6.45) is -4.59. The minimum atomic E-state index is -4.59. The highest BCUT2D eigenvalue weighted by Gasteiger charge is 2.30. The Hall–Kier alpha value is -2.70. The predicted molar refractivity (Wildman–Crippen MR) is 76.8 cm³/mol. The lowest BCUT2D eigenvalue weighted by Gasteiger charge is -2.07. The highest BCUT2D eigenvalue weighted by Crippen LogP contribution is 2.31. The average molecular weight is 342 g/mol. The first kappa shape index (κ1) is 17.7. The van der Waals surface area contributed by atoms with Gasteiger partial charge < -0.3 is 4.74 Å². The first-order valence-corrected chi connectivity index (χ1v) is 6.73. The zero-order valence-corrected chi connectivity index (χ0v) is 12.1. The number of hydrogen-bond acceptors (Lipinski definition) is 2. The second-order valence-electron chi connectivity index (χ2n) is 4.76. The van der Waals surface area contributed by atoms with Crippen molar-refractivity contribution in [2.75, 3.05) is 0 Å². The van der Waals surface area contributed by atoms with Crippen molar-refractivity contribution in [1.29, 1.82) is 0 Å². The number of halogens is 5. The van der Waals surface area contributed by atoms with Crippen LogP contribution >= 0.6 is 0 Å². The third-order valence-electron chi connectivity index (χ3n) is 3.05. The van der Waals surface area contributed by atoms with Crippen molar-refractivity contribution in [1.82, 2.24) is 0 Å². The van der Waals surface area contributed by atoms with E-state index in [4.69, 9.17) is 0 Å². The van der Waals surface area contributed by atoms with Crippen LogP contribution in [-0.4, -0.2) is 5.97 Å². The van der Waals surface area contributed by atoms with E-state index in [0.29, 0.717) is 17.7 Å². The Bertz CT molecular complexity index is 734. The fourth-order valence-electron chi connectivity index (χ4n) is 1.81. The minimum Gasteiger partial charge on any atom is -0.455 e. The van der Waals surface area contributed by atoms with E-state index < -0.39 is 34.9 Å². The maximum Gasteiger partial charge on any atom is 0.416 e. The standard InChI is InChI=1S/C17H11F5O2/c18-14(12-6-8-13(9-7-12)17(20,21)22)15(19)16(23)24-10-11-4-2-1-3-5-11/h1-9H,10H2/b15-14-. The van der Waals surface area contributed by atoms with Gasteiger partial charge in [-0.25, -0.2) is 9.18 Å². The van der Waals surface area contributed by atoms with E-state index in [1.54, 1.807) is 30.3 Å². The Kier molecular flexibility index (Phi) is 5.33. The third-order valence-corrected chi connectivity index (χ3v) is 3.05. The van der Waals surface area contributed by atoms with E-state index in [-0.39, 0.29) is 6.61 Å². The molecule has 0 unspecified atom stereocenters. The fraction of sp³-hybridized carbons (Fsp3) is 0.118. The van der Waals surface area contributed by atoms with Crippen LogP contribution in [0.1, 0.15) is 16.7 Å². The predicted octanol–water partition coefficient (Wildman–Crippen LogP) is 5.06. The number of carbonyl (C=O) groups is 1. The van der Waals surface area contributed by atoms with Crippen LogP contribution in [0.5, 0.6) is 0 Å². The zero-order chi connectivity index (χ0) is 17.7. The van der Waals surface area contributed by atoms with E-state index in [1.165, 1.54) is 0 Å². The van der Waals surface area contributed by atoms with E-state index in [1.807, 2.05) is 0 Å². The Balaban J connectivity index is 2.10. The monoisotopic (exact) mass is 342 g/mol. The molecule has 7 heteroatoms. The van der Waals surface area contributed by atoms with Gasteiger partial charge in [-0.2, -0.15) is 17.6 Å². The van der Waals surface area contributed by atoms with Gasteiger partial charge in [-0.05, 0) is 17.7 Å². The molecule has 2 nitrogen and oxygen atoms in total. The lowest BCUT2D eigenvalue weighted by Crippen LogP contribution is -2.07. The maximum absolute atomic E-state index is 13.9. The summed E-state index contributed by atoms with van der Waals surface area (Å²) in [5.74, 6) is -4.91. The van der Waals surface area contributed by atoms with Gasteiger partial charge in [0.05, 0.1) is 5.56 Å². The molecule has 0 amide bonds. The summed E-state index contributed by atoms with van der Waals surface area (Å²) in [4.78, 5) is 11.5. The van der Waals surface area contributed by atoms with Gasteiger partial charge in [0, 0.05) is 5.56 Å². The molecule has 0 aromatic heterocycles. The molecule has 0 aliphatic rings. The van der Waals surface area contributed by atoms with Crippen molar-refractivity contribution in [2.24, 2.45) is 0 Å². The molecule has 0 heterocycles. The third kappa shape index (κ3) is 4.41. The quantitative estimate of drug-likeness (QED) is 0.441. The van der Waals surface area contributed by atoms with Crippen molar-refractivity contribution in [3.63, 3.8) is 0 Å². The van der Waals surface area contributed by atoms with Crippen LogP contribution in [0.2, 0.25) is 0 Å². The minimum absolute atomic E-state index is 0.257. The Morgan fingerprint density at radius 3 is 2.04 bits per heavy atom. The molecule has 0 atom stereocenters. The summed E-state index contributed by atoms with van der Waals surface area (Å²) in [5, 5.41) is 0. The maximum atomic E-state index is 13.9. The molecule has 0 radical (unpaired) electrons. The Morgan fingerprint density at radius 1 is 0.917 bits per heavy atom. The molecule has 2 rings (SSSR count). The number of hydrogen-bond donors (Lipinski definition) is 0. The topological polar surface area (TPSA) is 26.3 Å². The largest absolute Gasteiger partial charge is 0.455 e. The number of carbonyl (C=O) groups excluding carboxylic acids is 1. The summed E-state index contributed by atoms with van der Waals surface area (Å²) in [6.45, 7) is -0.257. The second kappa shape index (κ2) is 7.25. The molecule has 0 fully saturated rings. The molecule has 0 saturated carbocycles. The van der Waals surface area contributed by atoms with E-state index >= 15 is 0 Å². The number of ether oxygens (including phenoxy) is 1. The summed E-state index contributed by atoms with van der Waals surface area (Å²) >= 11 is 0. The molecule has 0 spiro atoms. The van der Waals surface area contributed by atoms with Gasteiger partial charge in [0.1, 0.15) is 6.61 Å². The summed E-state index contributed by atoms with van der Waals surface area (Å²) in [6, 6.07) is 11.0. The number of benzene rings is 2. The number of esters is 1. The molecule has 0 aliphatic heterocycles. The van der Waals surface area contributed by atoms with Crippen LogP contribution in [0, 0.1) is 0 Å². The van der Waals surface area contributed by atoms with Crippen LogP contribution in [0.4, 0.5) is 22.0 Å². The van der Waals surface area contributed by atoms with Gasteiger partial charge in [-0.3, -0.25) is 0 Å². The first-order chi connectivity index (χ1) is 11.3. The van der Waals surface area contributed by atoms with Crippen molar-refractivity contribution < 1.29 is 31.5 Å². The molecule has 126 valence electrons. The van der Waals surface area contributed by atoms with Gasteiger partial charge in [-0.1, -0.05) is 42.5 Å². The van der Waals surface area contributed by atoms with Gasteiger partial charge in [-0.15, -0.1) is 0 Å². The summed E-state index contributed by atoms with van der Waals surface area (Å²) < 4.78 is 69.4. The van der Waals surface area contributed by atoms with Gasteiger partial charge in [0.25, 0.3) is 0 Å². The van der Waals surface area contributed by atoms with Crippen molar-refractivity contribution in [2.45, 2.75) is 12.8 Å². The molecule has 0 aliphatic carbocycles. The molecular formula is C17H11F5O2. The van der Waals surface area contributed by atoms with Crippen LogP contribution in [-0.2, 0) is 22.3 Å². The summed E-state index contributed by atoms with van der Waals surface area (Å²) in [7, 11) is 0. The Morgan fingerprint density at radius 2 is 1.50 bits per heavy atom. The molecule has 0 saturated heterocycles. The Labute approximate surface area is 134 Å². The molecule has 2 aromatic rings. The van der Waals surface area contributed by atoms with Crippen LogP contribution in [0.15, 0.2) is 60.4 Å². The van der Waals surface area contributed by atoms with E-state index in [0.717, 1.165) is 12.1 Å². The highest BCUT2D eigenvalue weighted by atomic mass is 19.4. The smallest absolute Gasteiger partial charge is 0.416 e. The van der Waals surface area contributed by atoms with E-state index in [9.17, 15) is 26.7 Å². The van der Waals surface area contributed by atoms with E-state index in [2.05, 4.69) is 4.74 Å². The van der Waals surface area contributed by atoms with Crippen LogP contribution in [0.3, 0.4) is 0 Å². The van der Waals surface area contributed by atoms with Crippen LogP contribution < -0.4 is 0 Å². The molecule has 2 aromatic carbocycles.